The molecule has 0 aliphatic rings. The van der Waals surface area contributed by atoms with Gasteiger partial charge in [0, 0.05) is 11.0 Å². The van der Waals surface area contributed by atoms with Crippen LogP contribution < -0.4 is 0 Å². The molecule has 0 N–H and O–H groups in total. The molecule has 0 aromatic rings. The Hall–Kier alpha value is 0.785. The van der Waals surface area contributed by atoms with E-state index in [2.05, 4.69) is 0 Å². The van der Waals surface area contributed by atoms with Crippen molar-refractivity contribution in [3.63, 3.8) is 0 Å². The normalized spacial score (nSPS) is 0. The Kier molecular flexibility index (Phi) is 4780. The minimum atomic E-state index is 0. The third-order valence-corrected chi connectivity index (χ3v) is 0. The molecule has 0 rings (SSSR count). The fourth-order valence-corrected chi connectivity index (χ4v) is 0. The van der Waals surface area contributed by atoms with Crippen LogP contribution in [-0.4, -0.2) is 11.0 Å². The first-order valence-corrected chi connectivity index (χ1v) is 0. The molecule has 3 nitrogen and oxygen atoms in total. The van der Waals surface area contributed by atoms with Gasteiger partial charge in [0.15, 0.2) is 0 Å². The van der Waals surface area contributed by atoms with Gasteiger partial charge in [0.2, 0.25) is 0 Å². The predicted octanol–water partition coefficient (Wildman–Crippen LogP) is -0.740. The average molecular weight is 172 g/mol. The Balaban J connectivity index is 0. The van der Waals surface area contributed by atoms with Crippen LogP contribution in [0.2, 0.25) is 0 Å². The van der Waals surface area contributed by atoms with Crippen LogP contribution in [-0.2, 0) is 37.5 Å². The minimum absolute atomic E-state index is 0. The molecule has 0 bridgehead atoms. The fraction of sp³-hybridized carbons (Fsp3) is 0. The van der Waals surface area contributed by atoms with Crippen molar-refractivity contribution >= 4 is 11.0 Å². The van der Waals surface area contributed by atoms with Crippen molar-refractivity contribution in [3.8, 4) is 0 Å². The molecule has 0 atom stereocenters. The van der Waals surface area contributed by atoms with Crippen molar-refractivity contribution in [1.82, 2.24) is 0 Å². The predicted molar refractivity (Wildman–Crippen MR) is 7.81 cm³/mol. The van der Waals surface area contributed by atoms with E-state index in [0.717, 1.165) is 0 Å². The van der Waals surface area contributed by atoms with Gasteiger partial charge in [0.1, 0.15) is 0 Å². The van der Waals surface area contributed by atoms with Crippen molar-refractivity contribution in [2.45, 2.75) is 0 Å². The summed E-state index contributed by atoms with van der Waals surface area (Å²) in [5.41, 5.74) is 0. The van der Waals surface area contributed by atoms with Crippen LogP contribution in [0.4, 0.5) is 0 Å². The number of hydrogen-bond donors (Lipinski definition) is 0. The van der Waals surface area contributed by atoms with E-state index in [-0.39, 0.29) is 48.5 Å². The molecular weight excluding hydrogens is 172 g/mol. The first-order valence-electron chi connectivity index (χ1n) is 0. The van der Waals surface area contributed by atoms with Crippen LogP contribution >= 0.6 is 0 Å². The van der Waals surface area contributed by atoms with Gasteiger partial charge in [0.25, 0.3) is 0 Å². The van der Waals surface area contributed by atoms with E-state index in [4.69, 9.17) is 0 Å². The maximum atomic E-state index is 0. The van der Waals surface area contributed by atoms with E-state index in [1.807, 2.05) is 0 Å². The first-order chi connectivity index (χ1) is 0. The van der Waals surface area contributed by atoms with E-state index in [1.165, 1.54) is 0 Å². The molecule has 0 heterocycles. The van der Waals surface area contributed by atoms with E-state index in [1.54, 1.807) is 0 Å². The topological polar surface area (TPSA) is 85.5 Å². The third-order valence-electron chi connectivity index (χ3n) is 0. The van der Waals surface area contributed by atoms with Crippen LogP contribution in [0.25, 0.3) is 0 Å². The Labute approximate surface area is 49.0 Å². The zero-order chi connectivity index (χ0) is 0. The van der Waals surface area contributed by atoms with Gasteiger partial charge in [-0.05, 0) is 0 Å². The zero-order valence-electron chi connectivity index (χ0n) is 2.13. The van der Waals surface area contributed by atoms with Gasteiger partial charge in [-0.3, -0.25) is 0 Å². The largest absolute Gasteiger partial charge is 6.00 e. The summed E-state index contributed by atoms with van der Waals surface area (Å²) in [6.07, 6.45) is 0. The van der Waals surface area contributed by atoms with Crippen molar-refractivity contribution in [3.05, 3.63) is 0 Å². The van der Waals surface area contributed by atoms with Crippen molar-refractivity contribution < 1.29 is 37.5 Å². The minimum Gasteiger partial charge on any atom is -2.00 e. The summed E-state index contributed by atoms with van der Waals surface area (Å²) >= 11 is 0. The van der Waals surface area contributed by atoms with Gasteiger partial charge < -0.3 is 16.4 Å². The molecule has 0 saturated carbocycles. The number of rotatable bonds is 0. The molecule has 0 aromatic heterocycles. The molecule has 0 saturated heterocycles. The van der Waals surface area contributed by atoms with Crippen LogP contribution in [0.15, 0.2) is 0 Å². The molecule has 0 aromatic carbocycles. The molecule has 5 heteroatoms. The van der Waals surface area contributed by atoms with Crippen LogP contribution in [0.3, 0.4) is 0 Å². The quantitative estimate of drug-likeness (QED) is 0.431. The second-order valence-corrected chi connectivity index (χ2v) is 0. The molecule has 0 aliphatic carbocycles. The second-order valence-electron chi connectivity index (χ2n) is 0. The monoisotopic (exact) mass is 174 g/mol. The summed E-state index contributed by atoms with van der Waals surface area (Å²) in [6, 6.07) is 0. The Morgan fingerprint density at radius 2 is 0.600 bits per heavy atom. The molecule has 4 radical (unpaired) electrons. The van der Waals surface area contributed by atoms with E-state index < -0.39 is 0 Å². The van der Waals surface area contributed by atoms with E-state index in [0.29, 0.717) is 0 Å². The Morgan fingerprint density at radius 1 is 0.600 bits per heavy atom. The standard InChI is InChI=1S/Mo.3O.Si/q+6;3*-2;. The Morgan fingerprint density at radius 3 is 0.600 bits per heavy atom. The Bertz CT molecular complexity index is 6.85. The van der Waals surface area contributed by atoms with Gasteiger partial charge in [0.05, 0.1) is 0 Å². The summed E-state index contributed by atoms with van der Waals surface area (Å²) in [7, 11) is 0. The van der Waals surface area contributed by atoms with Crippen LogP contribution in [0, 0.1) is 0 Å². The van der Waals surface area contributed by atoms with Gasteiger partial charge >= 0.3 is 21.1 Å². The maximum Gasteiger partial charge on any atom is 6.00 e. The smallest absolute Gasteiger partial charge is 2.00 e. The number of hydrogen-bond acceptors (Lipinski definition) is 0. The summed E-state index contributed by atoms with van der Waals surface area (Å²) in [5, 5.41) is 0. The summed E-state index contributed by atoms with van der Waals surface area (Å²) in [5.74, 6) is 0. The van der Waals surface area contributed by atoms with Crippen LogP contribution in [0.5, 0.6) is 0 Å². The van der Waals surface area contributed by atoms with Gasteiger partial charge in [-0.1, -0.05) is 0 Å². The molecule has 0 aliphatic heterocycles. The average Bonchev–Trinajstić information content (AvgIpc) is 0. The van der Waals surface area contributed by atoms with Crippen molar-refractivity contribution in [1.29, 1.82) is 0 Å². The van der Waals surface area contributed by atoms with Crippen LogP contribution in [0.1, 0.15) is 0 Å². The van der Waals surface area contributed by atoms with E-state index in [9.17, 15) is 0 Å². The fourth-order valence-electron chi connectivity index (χ4n) is 0. The third kappa shape index (κ3) is 60.2. The molecule has 5 heavy (non-hydrogen) atoms. The van der Waals surface area contributed by atoms with E-state index >= 15 is 0 Å². The summed E-state index contributed by atoms with van der Waals surface area (Å²) in [6.45, 7) is 0. The second kappa shape index (κ2) is 111. The molecule has 0 amide bonds. The first kappa shape index (κ1) is 215. The molecule has 0 unspecified atom stereocenters. The van der Waals surface area contributed by atoms with Gasteiger partial charge in [-0.15, -0.1) is 0 Å². The van der Waals surface area contributed by atoms with Gasteiger partial charge in [-0.2, -0.15) is 0 Å². The van der Waals surface area contributed by atoms with Gasteiger partial charge in [-0.25, -0.2) is 0 Å². The van der Waals surface area contributed by atoms with Crippen molar-refractivity contribution in [2.75, 3.05) is 0 Å². The SMILES string of the molecule is [Mo+6].[O-2].[O-2].[O-2].[Si]. The molecule has 28 valence electrons. The molecule has 0 spiro atoms. The van der Waals surface area contributed by atoms with Crippen molar-refractivity contribution in [2.24, 2.45) is 0 Å². The molecule has 0 fully saturated rings. The zero-order valence-corrected chi connectivity index (χ0v) is 5.14. The summed E-state index contributed by atoms with van der Waals surface area (Å²) in [4.78, 5) is 0. The maximum absolute atomic E-state index is 0. The summed E-state index contributed by atoms with van der Waals surface area (Å²) < 4.78 is 0. The molecular formula is MoO3Si.